The fraction of sp³-hybridized carbons (Fsp3) is 0.211. The average Bonchev–Trinajstić information content (AvgIpc) is 2.69. The monoisotopic (exact) mass is 369 g/mol. The number of methoxy groups -OCH3 is 2. The topological polar surface area (TPSA) is 66.2 Å². The minimum Gasteiger partial charge on any atom is -0.493 e. The summed E-state index contributed by atoms with van der Waals surface area (Å²) in [4.78, 5) is 13.0. The van der Waals surface area contributed by atoms with Gasteiger partial charge in [0.25, 0.3) is 5.56 Å². The molecule has 0 aliphatic heterocycles. The van der Waals surface area contributed by atoms with Gasteiger partial charge in [-0.25, -0.2) is 0 Å². The summed E-state index contributed by atoms with van der Waals surface area (Å²) in [5.74, 6) is 1.25. The van der Waals surface area contributed by atoms with Crippen molar-refractivity contribution in [3.05, 3.63) is 70.1 Å². The quantitative estimate of drug-likeness (QED) is 0.623. The highest BCUT2D eigenvalue weighted by Gasteiger charge is 2.14. The van der Waals surface area contributed by atoms with Gasteiger partial charge < -0.3 is 9.47 Å². The highest BCUT2D eigenvalue weighted by molar-refractivity contribution is 7.98. The lowest BCUT2D eigenvalue weighted by Gasteiger charge is -2.12. The van der Waals surface area contributed by atoms with Crippen molar-refractivity contribution in [3.63, 3.8) is 0 Å². The Labute approximate surface area is 155 Å². The summed E-state index contributed by atoms with van der Waals surface area (Å²) in [6.07, 6.45) is 2.23. The van der Waals surface area contributed by atoms with E-state index >= 15 is 0 Å². The maximum atomic E-state index is 13.0. The molecule has 3 aromatic rings. The van der Waals surface area contributed by atoms with Gasteiger partial charge in [0.2, 0.25) is 0 Å². The molecule has 0 aliphatic rings. The molecule has 0 saturated carbocycles. The number of hydrogen-bond donors (Lipinski definition) is 0. The van der Waals surface area contributed by atoms with E-state index < -0.39 is 0 Å². The lowest BCUT2D eigenvalue weighted by Crippen LogP contribution is -2.27. The van der Waals surface area contributed by atoms with Crippen molar-refractivity contribution in [2.75, 3.05) is 20.5 Å². The van der Waals surface area contributed by atoms with Crippen LogP contribution < -0.4 is 15.0 Å². The zero-order valence-electron chi connectivity index (χ0n) is 14.8. The Morgan fingerprint density at radius 1 is 1.00 bits per heavy atom. The molecule has 3 rings (SSSR count). The van der Waals surface area contributed by atoms with E-state index in [1.807, 2.05) is 54.8 Å². The minimum absolute atomic E-state index is 0.176. The molecular formula is C19H19N3O3S. The Bertz CT molecular complexity index is 958. The second kappa shape index (κ2) is 8.05. The van der Waals surface area contributed by atoms with Crippen LogP contribution in [0, 0.1) is 0 Å². The lowest BCUT2D eigenvalue weighted by atomic mass is 10.1. The van der Waals surface area contributed by atoms with E-state index in [9.17, 15) is 4.79 Å². The summed E-state index contributed by atoms with van der Waals surface area (Å²) in [5.41, 5.74) is 1.86. The van der Waals surface area contributed by atoms with E-state index in [4.69, 9.17) is 9.47 Å². The molecule has 0 atom stereocenters. The molecule has 0 bridgehead atoms. The van der Waals surface area contributed by atoms with Gasteiger partial charge in [-0.2, -0.15) is 0 Å². The summed E-state index contributed by atoms with van der Waals surface area (Å²) >= 11 is 1.38. The van der Waals surface area contributed by atoms with Crippen LogP contribution in [0.5, 0.6) is 11.5 Å². The Morgan fingerprint density at radius 2 is 1.73 bits per heavy atom. The van der Waals surface area contributed by atoms with Gasteiger partial charge in [0, 0.05) is 6.42 Å². The van der Waals surface area contributed by atoms with Crippen molar-refractivity contribution in [1.82, 2.24) is 14.8 Å². The first-order valence-electron chi connectivity index (χ1n) is 7.97. The number of rotatable bonds is 6. The Kier molecular flexibility index (Phi) is 5.58. The molecule has 2 aromatic carbocycles. The van der Waals surface area contributed by atoms with Crippen molar-refractivity contribution < 1.29 is 9.47 Å². The lowest BCUT2D eigenvalue weighted by molar-refractivity contribution is 0.354. The van der Waals surface area contributed by atoms with Crippen LogP contribution in [-0.2, 0) is 6.42 Å². The minimum atomic E-state index is -0.176. The molecule has 134 valence electrons. The average molecular weight is 369 g/mol. The van der Waals surface area contributed by atoms with Gasteiger partial charge in [-0.05, 0) is 36.1 Å². The molecule has 6 nitrogen and oxygen atoms in total. The van der Waals surface area contributed by atoms with Crippen molar-refractivity contribution >= 4 is 11.8 Å². The second-order valence-corrected chi connectivity index (χ2v) is 6.25. The van der Waals surface area contributed by atoms with Crippen LogP contribution >= 0.6 is 11.8 Å². The molecule has 0 saturated heterocycles. The predicted octanol–water partition coefficient (Wildman–Crippen LogP) is 2.96. The van der Waals surface area contributed by atoms with E-state index in [1.165, 1.54) is 11.8 Å². The first kappa shape index (κ1) is 18.0. The third kappa shape index (κ3) is 3.57. The number of hydrogen-bond acceptors (Lipinski definition) is 6. The van der Waals surface area contributed by atoms with Gasteiger partial charge in [-0.3, -0.25) is 9.36 Å². The fourth-order valence-corrected chi connectivity index (χ4v) is 3.13. The van der Waals surface area contributed by atoms with Crippen LogP contribution in [-0.4, -0.2) is 35.2 Å². The normalized spacial score (nSPS) is 10.6. The van der Waals surface area contributed by atoms with E-state index in [1.54, 1.807) is 18.8 Å². The molecule has 0 aliphatic carbocycles. The van der Waals surface area contributed by atoms with E-state index in [0.717, 1.165) is 11.3 Å². The fourth-order valence-electron chi connectivity index (χ4n) is 2.64. The molecule has 1 aromatic heterocycles. The SMILES string of the molecule is COc1ccc(Cc2nnc(SC)n(-c3ccccc3)c2=O)cc1OC. The molecule has 0 unspecified atom stereocenters. The van der Waals surface area contributed by atoms with Gasteiger partial charge in [0.05, 0.1) is 19.9 Å². The molecule has 1 heterocycles. The van der Waals surface area contributed by atoms with Crippen LogP contribution in [0.2, 0.25) is 0 Å². The van der Waals surface area contributed by atoms with E-state index in [0.29, 0.717) is 28.8 Å². The summed E-state index contributed by atoms with van der Waals surface area (Å²) < 4.78 is 12.2. The summed E-state index contributed by atoms with van der Waals surface area (Å²) in [6, 6.07) is 15.0. The molecule has 7 heteroatoms. The highest BCUT2D eigenvalue weighted by atomic mass is 32.2. The molecule has 26 heavy (non-hydrogen) atoms. The number of nitrogens with zero attached hydrogens (tertiary/aromatic N) is 3. The summed E-state index contributed by atoms with van der Waals surface area (Å²) in [7, 11) is 3.17. The third-order valence-corrected chi connectivity index (χ3v) is 4.54. The largest absolute Gasteiger partial charge is 0.493 e. The maximum absolute atomic E-state index is 13.0. The summed E-state index contributed by atoms with van der Waals surface area (Å²) in [6.45, 7) is 0. The Hall–Kier alpha value is -2.80. The molecule has 0 fully saturated rings. The van der Waals surface area contributed by atoms with Crippen molar-refractivity contribution in [2.45, 2.75) is 11.6 Å². The standard InChI is InChI=1S/C19H19N3O3S/c1-24-16-10-9-13(12-17(16)25-2)11-15-18(23)22(19(26-3)21-20-15)14-7-5-4-6-8-14/h4-10,12H,11H2,1-3H3. The molecular weight excluding hydrogens is 350 g/mol. The van der Waals surface area contributed by atoms with Gasteiger partial charge in [-0.1, -0.05) is 36.0 Å². The van der Waals surface area contributed by atoms with Crippen molar-refractivity contribution in [2.24, 2.45) is 0 Å². The number of ether oxygens (including phenoxy) is 2. The Balaban J connectivity index is 2.03. The van der Waals surface area contributed by atoms with Crippen LogP contribution in [0.15, 0.2) is 58.5 Å². The summed E-state index contributed by atoms with van der Waals surface area (Å²) in [5, 5.41) is 8.93. The zero-order valence-corrected chi connectivity index (χ0v) is 15.6. The molecule has 0 N–H and O–H groups in total. The smallest absolute Gasteiger partial charge is 0.281 e. The number of thioether (sulfide) groups is 1. The highest BCUT2D eigenvalue weighted by Crippen LogP contribution is 2.28. The number of benzene rings is 2. The number of aromatic nitrogens is 3. The zero-order chi connectivity index (χ0) is 18.5. The van der Waals surface area contributed by atoms with Crippen LogP contribution in [0.4, 0.5) is 0 Å². The van der Waals surface area contributed by atoms with Gasteiger partial charge >= 0.3 is 0 Å². The van der Waals surface area contributed by atoms with Crippen molar-refractivity contribution in [3.8, 4) is 17.2 Å². The van der Waals surface area contributed by atoms with Gasteiger partial charge in [0.15, 0.2) is 16.7 Å². The first-order valence-corrected chi connectivity index (χ1v) is 9.19. The molecule has 0 spiro atoms. The first-order chi connectivity index (χ1) is 12.7. The van der Waals surface area contributed by atoms with E-state index in [2.05, 4.69) is 10.2 Å². The van der Waals surface area contributed by atoms with Gasteiger partial charge in [0.1, 0.15) is 5.69 Å². The molecule has 0 amide bonds. The maximum Gasteiger partial charge on any atom is 0.281 e. The van der Waals surface area contributed by atoms with Gasteiger partial charge in [-0.15, -0.1) is 10.2 Å². The van der Waals surface area contributed by atoms with Crippen LogP contribution in [0.3, 0.4) is 0 Å². The number of para-hydroxylation sites is 1. The second-order valence-electron chi connectivity index (χ2n) is 5.48. The predicted molar refractivity (Wildman–Crippen MR) is 102 cm³/mol. The van der Waals surface area contributed by atoms with Crippen molar-refractivity contribution in [1.29, 1.82) is 0 Å². The van der Waals surface area contributed by atoms with Crippen LogP contribution in [0.1, 0.15) is 11.3 Å². The van der Waals surface area contributed by atoms with Crippen LogP contribution in [0.25, 0.3) is 5.69 Å². The Morgan fingerprint density at radius 3 is 2.38 bits per heavy atom. The van der Waals surface area contributed by atoms with E-state index in [-0.39, 0.29) is 5.56 Å². The molecule has 0 radical (unpaired) electrons. The third-order valence-electron chi connectivity index (χ3n) is 3.91.